The molecule has 0 amide bonds. The Morgan fingerprint density at radius 3 is 1.34 bits per heavy atom. The summed E-state index contributed by atoms with van der Waals surface area (Å²) in [5.41, 5.74) is 5.37. The number of phosphoric acid groups is 1. The minimum Gasteiger partial charge on any atom is -0.480 e. The van der Waals surface area contributed by atoms with Gasteiger partial charge in [0.1, 0.15) is 12.1 Å². The van der Waals surface area contributed by atoms with Gasteiger partial charge in [-0.25, -0.2) is 4.57 Å². The Kier molecular flexibility index (Phi) is 45.8. The molecule has 0 rings (SSSR count). The van der Waals surface area contributed by atoms with Crippen molar-refractivity contribution in [3.8, 4) is 0 Å². The van der Waals surface area contributed by atoms with Crippen LogP contribution in [0.25, 0.3) is 0 Å². The lowest BCUT2D eigenvalue weighted by Crippen LogP contribution is -2.34. The average molecular weight is 898 g/mol. The molecule has 62 heavy (non-hydrogen) atoms. The Morgan fingerprint density at radius 1 is 0.516 bits per heavy atom. The molecule has 11 heteroatoms. The molecule has 4 N–H and O–H groups in total. The first-order valence-corrected chi connectivity index (χ1v) is 27.0. The molecule has 0 radical (unpaired) electrons. The summed E-state index contributed by atoms with van der Waals surface area (Å²) in [7, 11) is -4.62. The molecule has 0 aliphatic rings. The number of ether oxygens (including phenoxy) is 2. The molecule has 10 nitrogen and oxygen atoms in total. The highest BCUT2D eigenvalue weighted by Crippen LogP contribution is 2.43. The first kappa shape index (κ1) is 60.2. The van der Waals surface area contributed by atoms with Crippen molar-refractivity contribution in [3.05, 3.63) is 36.5 Å². The van der Waals surface area contributed by atoms with Crippen LogP contribution in [0, 0.1) is 0 Å². The number of carboxylic acids is 1. The second kappa shape index (κ2) is 47.2. The van der Waals surface area contributed by atoms with Crippen LogP contribution in [0.2, 0.25) is 0 Å². The lowest BCUT2D eigenvalue weighted by atomic mass is 10.1. The second-order valence-electron chi connectivity index (χ2n) is 17.3. The number of carbonyl (C=O) groups excluding carboxylic acids is 1. The Hall–Kier alpha value is -1.81. The third kappa shape index (κ3) is 46.2. The van der Waals surface area contributed by atoms with Gasteiger partial charge < -0.3 is 25.2 Å². The fourth-order valence-corrected chi connectivity index (χ4v) is 7.94. The van der Waals surface area contributed by atoms with Crippen LogP contribution in [0.1, 0.15) is 239 Å². The van der Waals surface area contributed by atoms with E-state index in [1.807, 2.05) is 0 Å². The van der Waals surface area contributed by atoms with E-state index in [1.54, 1.807) is 0 Å². The van der Waals surface area contributed by atoms with Crippen molar-refractivity contribution in [1.82, 2.24) is 0 Å². The molecular formula is C51H96NO9P. The van der Waals surface area contributed by atoms with E-state index in [2.05, 4.69) is 50.3 Å². The van der Waals surface area contributed by atoms with E-state index in [9.17, 15) is 19.0 Å². The van der Waals surface area contributed by atoms with Crippen LogP contribution >= 0.6 is 7.82 Å². The third-order valence-corrected chi connectivity index (χ3v) is 12.1. The van der Waals surface area contributed by atoms with Crippen LogP contribution in [0.15, 0.2) is 36.5 Å². The average Bonchev–Trinajstić information content (AvgIpc) is 3.25. The largest absolute Gasteiger partial charge is 0.480 e. The maximum Gasteiger partial charge on any atom is 0.472 e. The SMILES string of the molecule is CCCCCC/C=C\C/C=C\CCCCCCCCCCOCC(COP(=O)(O)OCC(N)C(=O)O)OC(=O)CCCCCCCCCCC/C=C\CCCCCCCCCC. The molecule has 0 aromatic rings. The maximum absolute atomic E-state index is 12.7. The highest BCUT2D eigenvalue weighted by molar-refractivity contribution is 7.47. The number of hydrogen-bond donors (Lipinski definition) is 3. The van der Waals surface area contributed by atoms with Crippen molar-refractivity contribution in [2.45, 2.75) is 251 Å². The minimum absolute atomic E-state index is 0.0136. The normalized spacial score (nSPS) is 14.0. The van der Waals surface area contributed by atoms with E-state index in [-0.39, 0.29) is 13.0 Å². The van der Waals surface area contributed by atoms with Crippen LogP contribution in [0.3, 0.4) is 0 Å². The predicted octanol–water partition coefficient (Wildman–Crippen LogP) is 14.8. The Labute approximate surface area is 380 Å². The number of rotatable bonds is 49. The van der Waals surface area contributed by atoms with Crippen molar-refractivity contribution in [2.75, 3.05) is 26.4 Å². The fraction of sp³-hybridized carbons (Fsp3) is 0.843. The number of unbranched alkanes of at least 4 members (excludes halogenated alkanes) is 29. The molecule has 0 spiro atoms. The van der Waals surface area contributed by atoms with Crippen LogP contribution in [-0.2, 0) is 32.7 Å². The second-order valence-corrected chi connectivity index (χ2v) is 18.7. The number of nitrogens with two attached hydrogens (primary N) is 1. The summed E-state index contributed by atoms with van der Waals surface area (Å²) < 4.78 is 33.5. The van der Waals surface area contributed by atoms with Gasteiger partial charge in [0.15, 0.2) is 0 Å². The minimum atomic E-state index is -4.62. The molecular weight excluding hydrogens is 802 g/mol. The molecule has 0 fully saturated rings. The third-order valence-electron chi connectivity index (χ3n) is 11.1. The molecule has 0 aliphatic carbocycles. The van der Waals surface area contributed by atoms with Crippen molar-refractivity contribution < 1.29 is 42.7 Å². The van der Waals surface area contributed by atoms with E-state index >= 15 is 0 Å². The maximum atomic E-state index is 12.7. The van der Waals surface area contributed by atoms with Gasteiger partial charge in [-0.15, -0.1) is 0 Å². The molecule has 0 saturated carbocycles. The van der Waals surface area contributed by atoms with Crippen LogP contribution in [0.4, 0.5) is 0 Å². The van der Waals surface area contributed by atoms with Gasteiger partial charge in [-0.2, -0.15) is 0 Å². The van der Waals surface area contributed by atoms with E-state index in [0.717, 1.165) is 51.4 Å². The zero-order chi connectivity index (χ0) is 45.5. The van der Waals surface area contributed by atoms with E-state index in [4.69, 9.17) is 29.4 Å². The van der Waals surface area contributed by atoms with Crippen molar-refractivity contribution in [2.24, 2.45) is 5.73 Å². The van der Waals surface area contributed by atoms with Gasteiger partial charge >= 0.3 is 19.8 Å². The summed E-state index contributed by atoms with van der Waals surface area (Å²) in [6.45, 7) is 3.88. The van der Waals surface area contributed by atoms with Gasteiger partial charge in [-0.3, -0.25) is 18.6 Å². The van der Waals surface area contributed by atoms with Crippen LogP contribution in [0.5, 0.6) is 0 Å². The number of carboxylic acid groups (broad SMARTS) is 1. The summed E-state index contributed by atoms with van der Waals surface area (Å²) >= 11 is 0. The summed E-state index contributed by atoms with van der Waals surface area (Å²) in [5.74, 6) is -1.78. The monoisotopic (exact) mass is 898 g/mol. The predicted molar refractivity (Wildman–Crippen MR) is 258 cm³/mol. The fourth-order valence-electron chi connectivity index (χ4n) is 7.16. The number of hydrogen-bond acceptors (Lipinski definition) is 8. The highest BCUT2D eigenvalue weighted by atomic mass is 31.2. The number of esters is 1. The standard InChI is InChI=1S/C51H96NO9P/c1-3-5-7-9-11-13-15-17-19-21-23-24-25-27-29-31-33-35-37-39-41-43-50(53)61-48(46-59-62(56,57)60-47-49(52)51(54)55)45-58-44-42-40-38-36-34-32-30-28-26-22-20-18-16-14-12-10-8-6-4-2/h14,16,20-23,48-49H,3-13,15,17-19,24-47,52H2,1-2H3,(H,54,55)(H,56,57)/b16-14-,22-20-,23-21-. The summed E-state index contributed by atoms with van der Waals surface area (Å²) in [6.07, 6.45) is 54.8. The van der Waals surface area contributed by atoms with Crippen LogP contribution in [-0.4, -0.2) is 60.5 Å². The molecule has 0 bridgehead atoms. The number of carbonyl (C=O) groups is 2. The molecule has 0 aromatic carbocycles. The lowest BCUT2D eigenvalue weighted by Gasteiger charge is -2.20. The quantitative estimate of drug-likeness (QED) is 0.0233. The zero-order valence-corrected chi connectivity index (χ0v) is 40.9. The van der Waals surface area contributed by atoms with E-state index in [0.29, 0.717) is 13.0 Å². The lowest BCUT2D eigenvalue weighted by molar-refractivity contribution is -0.154. The van der Waals surface area contributed by atoms with E-state index < -0.39 is 45.1 Å². The van der Waals surface area contributed by atoms with E-state index in [1.165, 1.54) is 161 Å². The van der Waals surface area contributed by atoms with Crippen molar-refractivity contribution in [3.63, 3.8) is 0 Å². The first-order valence-electron chi connectivity index (χ1n) is 25.5. The Morgan fingerprint density at radius 2 is 0.887 bits per heavy atom. The van der Waals surface area contributed by atoms with Gasteiger partial charge in [-0.05, 0) is 70.6 Å². The topological polar surface area (TPSA) is 155 Å². The molecule has 3 unspecified atom stereocenters. The molecule has 0 saturated heterocycles. The van der Waals surface area contributed by atoms with Crippen LogP contribution < -0.4 is 5.73 Å². The van der Waals surface area contributed by atoms with Crippen molar-refractivity contribution >= 4 is 19.8 Å². The molecule has 0 heterocycles. The Balaban J connectivity index is 4.15. The number of aliphatic carboxylic acids is 1. The first-order chi connectivity index (χ1) is 30.2. The zero-order valence-electron chi connectivity index (χ0n) is 40.0. The van der Waals surface area contributed by atoms with Gasteiger partial charge in [0.2, 0.25) is 0 Å². The molecule has 0 aromatic heterocycles. The highest BCUT2D eigenvalue weighted by Gasteiger charge is 2.27. The summed E-state index contributed by atoms with van der Waals surface area (Å²) in [5, 5.41) is 8.93. The van der Waals surface area contributed by atoms with Gasteiger partial charge in [0.05, 0.1) is 19.8 Å². The van der Waals surface area contributed by atoms with Crippen molar-refractivity contribution in [1.29, 1.82) is 0 Å². The molecule has 3 atom stereocenters. The molecule has 0 aliphatic heterocycles. The van der Waals surface area contributed by atoms with Gasteiger partial charge in [0, 0.05) is 13.0 Å². The summed E-state index contributed by atoms with van der Waals surface area (Å²) in [4.78, 5) is 33.7. The smallest absolute Gasteiger partial charge is 0.472 e. The number of allylic oxidation sites excluding steroid dienone is 6. The Bertz CT molecular complexity index is 1130. The number of phosphoric ester groups is 1. The molecule has 364 valence electrons. The van der Waals surface area contributed by atoms with Gasteiger partial charge in [0.25, 0.3) is 0 Å². The van der Waals surface area contributed by atoms with Gasteiger partial charge in [-0.1, -0.05) is 198 Å². The summed E-state index contributed by atoms with van der Waals surface area (Å²) in [6, 6.07) is -1.47.